The number of aliphatic hydroxyl groups is 2. The molecule has 2 heteroatoms. The van der Waals surface area contributed by atoms with Gasteiger partial charge in [-0.05, 0) is 38.1 Å². The number of hydrogen-bond donors (Lipinski definition) is 1. The van der Waals surface area contributed by atoms with Gasteiger partial charge in [-0.2, -0.15) is 0 Å². The predicted octanol–water partition coefficient (Wildman–Crippen LogP) is 2.08. The summed E-state index contributed by atoms with van der Waals surface area (Å²) in [5.41, 5.74) is 5.46. The van der Waals surface area contributed by atoms with Crippen molar-refractivity contribution in [1.82, 2.24) is 0 Å². The van der Waals surface area contributed by atoms with Crippen LogP contribution >= 0.6 is 0 Å². The molecule has 0 heterocycles. The Labute approximate surface area is 88.2 Å². The van der Waals surface area contributed by atoms with E-state index in [-0.39, 0.29) is 0 Å². The molecule has 2 atom stereocenters. The molecule has 1 rings (SSSR count). The monoisotopic (exact) mass is 200 g/mol. The molecular weight excluding hydrogens is 174 g/mol. The van der Waals surface area contributed by atoms with Gasteiger partial charge in [-0.1, -0.05) is 19.3 Å². The maximum Gasteiger partial charge on any atom is 0.147 e. The first-order valence-electron chi connectivity index (χ1n) is 6.14. The van der Waals surface area contributed by atoms with Gasteiger partial charge in [0.25, 0.3) is 0 Å². The van der Waals surface area contributed by atoms with Gasteiger partial charge < -0.3 is 10.5 Å². The van der Waals surface area contributed by atoms with Gasteiger partial charge in [0.2, 0.25) is 0 Å². The fraction of sp³-hybridized carbons (Fsp3) is 1.00. The number of nitrogens with two attached hydrogens (primary N) is 1. The highest BCUT2D eigenvalue weighted by molar-refractivity contribution is 4.80. The lowest BCUT2D eigenvalue weighted by Crippen LogP contribution is -2.30. The van der Waals surface area contributed by atoms with E-state index in [1.165, 1.54) is 44.9 Å². The molecule has 1 aliphatic rings. The third-order valence-electron chi connectivity index (χ3n) is 3.52. The molecule has 0 aromatic rings. The lowest BCUT2D eigenvalue weighted by atomic mass is 9.71. The molecule has 0 saturated heterocycles. The summed E-state index contributed by atoms with van der Waals surface area (Å²) in [5.74, 6) is 1.92. The lowest BCUT2D eigenvalue weighted by molar-refractivity contribution is -0.0534. The second-order valence-corrected chi connectivity index (χ2v) is 4.59. The second kappa shape index (κ2) is 7.24. The standard InChI is InChI=1S/C12H25NO/c1-14-10-12-8-7-11(12)6-4-2-3-5-9-13/h11-12H,2-10,13H2,1H3/p+1/t11?,12-/m1/s1. The fourth-order valence-electron chi connectivity index (χ4n) is 2.40. The van der Waals surface area contributed by atoms with Gasteiger partial charge in [-0.15, -0.1) is 0 Å². The van der Waals surface area contributed by atoms with Crippen LogP contribution in [0.25, 0.3) is 0 Å². The van der Waals surface area contributed by atoms with Crippen molar-refractivity contribution in [2.24, 2.45) is 17.6 Å². The third kappa shape index (κ3) is 3.97. The van der Waals surface area contributed by atoms with E-state index in [1.54, 1.807) is 0 Å². The van der Waals surface area contributed by atoms with Crippen molar-refractivity contribution in [2.45, 2.75) is 44.9 Å². The first-order chi connectivity index (χ1) is 6.88. The minimum atomic E-state index is 0.862. The van der Waals surface area contributed by atoms with Crippen molar-refractivity contribution in [2.75, 3.05) is 20.3 Å². The summed E-state index contributed by atoms with van der Waals surface area (Å²) in [6, 6.07) is 0. The first kappa shape index (κ1) is 12.0. The fourth-order valence-corrected chi connectivity index (χ4v) is 2.40. The van der Waals surface area contributed by atoms with Gasteiger partial charge >= 0.3 is 0 Å². The summed E-state index contributed by atoms with van der Waals surface area (Å²) in [7, 11) is 1.94. The molecule has 0 aliphatic heterocycles. The predicted molar refractivity (Wildman–Crippen MR) is 61.4 cm³/mol. The summed E-state index contributed by atoms with van der Waals surface area (Å²) >= 11 is 0. The highest BCUT2D eigenvalue weighted by Crippen LogP contribution is 2.37. The van der Waals surface area contributed by atoms with Crippen molar-refractivity contribution >= 4 is 0 Å². The smallest absolute Gasteiger partial charge is 0.147 e. The van der Waals surface area contributed by atoms with Crippen molar-refractivity contribution < 1.29 is 4.74 Å². The molecule has 1 fully saturated rings. The summed E-state index contributed by atoms with van der Waals surface area (Å²) in [6.45, 7) is 1.97. The van der Waals surface area contributed by atoms with Crippen LogP contribution in [0, 0.1) is 11.8 Å². The maximum atomic E-state index is 5.46. The van der Waals surface area contributed by atoms with Gasteiger partial charge in [0.1, 0.15) is 13.7 Å². The summed E-state index contributed by atoms with van der Waals surface area (Å²) in [5, 5.41) is 0. The van der Waals surface area contributed by atoms with Crippen LogP contribution in [0.5, 0.6) is 0 Å². The third-order valence-corrected chi connectivity index (χ3v) is 3.52. The van der Waals surface area contributed by atoms with Crippen LogP contribution in [-0.4, -0.2) is 25.0 Å². The molecule has 0 spiro atoms. The largest absolute Gasteiger partial charge is 0.436 e. The number of hydrogen-bond acceptors (Lipinski definition) is 1. The molecule has 0 aromatic heterocycles. The minimum absolute atomic E-state index is 0.862. The molecule has 0 radical (unpaired) electrons. The summed E-state index contributed by atoms with van der Waals surface area (Å²) < 4.78 is 4.25. The summed E-state index contributed by atoms with van der Waals surface area (Å²) in [4.78, 5) is 0. The van der Waals surface area contributed by atoms with Crippen LogP contribution in [-0.2, 0) is 0 Å². The van der Waals surface area contributed by atoms with Gasteiger partial charge in [0, 0.05) is 5.92 Å². The Kier molecular flexibility index (Phi) is 6.20. The van der Waals surface area contributed by atoms with E-state index >= 15 is 0 Å². The van der Waals surface area contributed by atoms with Crippen molar-refractivity contribution in [3.8, 4) is 0 Å². The van der Waals surface area contributed by atoms with E-state index < -0.39 is 0 Å². The Morgan fingerprint density at radius 2 is 1.79 bits per heavy atom. The molecule has 0 bridgehead atoms. The molecule has 3 N–H and O–H groups in total. The van der Waals surface area contributed by atoms with Gasteiger partial charge in [-0.25, -0.2) is 0 Å². The van der Waals surface area contributed by atoms with Crippen LogP contribution in [0.1, 0.15) is 44.9 Å². The van der Waals surface area contributed by atoms with Crippen LogP contribution in [0.3, 0.4) is 0 Å². The highest BCUT2D eigenvalue weighted by Gasteiger charge is 2.31. The van der Waals surface area contributed by atoms with Crippen molar-refractivity contribution in [1.29, 1.82) is 0 Å². The zero-order chi connectivity index (χ0) is 10.2. The van der Waals surface area contributed by atoms with E-state index in [9.17, 15) is 0 Å². The highest BCUT2D eigenvalue weighted by atomic mass is 16.5. The van der Waals surface area contributed by atoms with Crippen molar-refractivity contribution in [3.05, 3.63) is 0 Å². The van der Waals surface area contributed by atoms with Gasteiger partial charge in [0.15, 0.2) is 0 Å². The van der Waals surface area contributed by atoms with Crippen LogP contribution in [0.4, 0.5) is 0 Å². The number of ether oxygens (including phenoxy) is 1. The molecule has 1 aliphatic carbocycles. The van der Waals surface area contributed by atoms with E-state index in [4.69, 9.17) is 5.73 Å². The average molecular weight is 200 g/mol. The topological polar surface area (TPSA) is 38.8 Å². The number of rotatable bonds is 8. The molecule has 14 heavy (non-hydrogen) atoms. The molecule has 84 valence electrons. The van der Waals surface area contributed by atoms with E-state index in [0.29, 0.717) is 0 Å². The SMILES string of the molecule is C[OH+]C[C@H]1CCC1CCCCCCN. The molecule has 0 aromatic carbocycles. The molecule has 0 amide bonds. The Bertz CT molecular complexity index is 138. The Balaban J connectivity index is 1.91. The average Bonchev–Trinajstić information content (AvgIpc) is 2.18. The second-order valence-electron chi connectivity index (χ2n) is 4.59. The van der Waals surface area contributed by atoms with Crippen LogP contribution in [0.15, 0.2) is 0 Å². The maximum absolute atomic E-state index is 5.46. The van der Waals surface area contributed by atoms with E-state index in [0.717, 1.165) is 25.0 Å². The zero-order valence-electron chi connectivity index (χ0n) is 9.54. The Hall–Kier alpha value is -0.0800. The quantitative estimate of drug-likeness (QED) is 0.473. The van der Waals surface area contributed by atoms with Crippen LogP contribution in [0.2, 0.25) is 0 Å². The molecule has 2 nitrogen and oxygen atoms in total. The molecule has 1 saturated carbocycles. The van der Waals surface area contributed by atoms with Gasteiger partial charge in [-0.3, -0.25) is 0 Å². The Morgan fingerprint density at radius 1 is 1.07 bits per heavy atom. The Morgan fingerprint density at radius 3 is 2.36 bits per heavy atom. The summed E-state index contributed by atoms with van der Waals surface area (Å²) in [6.07, 6.45) is 9.63. The van der Waals surface area contributed by atoms with Gasteiger partial charge in [0.05, 0.1) is 0 Å². The molecular formula is C12H26NO+. The van der Waals surface area contributed by atoms with Crippen LogP contribution < -0.4 is 5.73 Å². The number of unbranched alkanes of at least 4 members (excludes halogenated alkanes) is 3. The lowest BCUT2D eigenvalue weighted by Gasteiger charge is -2.34. The molecule has 1 unspecified atom stereocenters. The zero-order valence-corrected chi connectivity index (χ0v) is 9.54. The van der Waals surface area contributed by atoms with Crippen molar-refractivity contribution in [3.63, 3.8) is 0 Å². The van der Waals surface area contributed by atoms with E-state index in [2.05, 4.69) is 4.74 Å². The van der Waals surface area contributed by atoms with E-state index in [1.807, 2.05) is 7.11 Å². The first-order valence-corrected chi connectivity index (χ1v) is 6.14. The normalized spacial score (nSPS) is 26.1. The minimum Gasteiger partial charge on any atom is -0.436 e.